The molecule has 0 aromatic heterocycles. The second-order valence-electron chi connectivity index (χ2n) is 6.29. The van der Waals surface area contributed by atoms with Crippen molar-refractivity contribution >= 4 is 11.7 Å². The number of hydrogen-bond donors (Lipinski definition) is 1. The van der Waals surface area contributed by atoms with Gasteiger partial charge in [0.2, 0.25) is 0 Å². The Hall–Kier alpha value is -3.07. The van der Waals surface area contributed by atoms with Gasteiger partial charge in [-0.1, -0.05) is 72.8 Å². The Labute approximate surface area is 154 Å². The molecule has 26 heavy (non-hydrogen) atoms. The van der Waals surface area contributed by atoms with Crippen LogP contribution in [0, 0.1) is 0 Å². The van der Waals surface area contributed by atoms with Crippen molar-refractivity contribution in [1.82, 2.24) is 0 Å². The van der Waals surface area contributed by atoms with Crippen molar-refractivity contribution in [3.63, 3.8) is 0 Å². The van der Waals surface area contributed by atoms with E-state index in [1.54, 1.807) is 0 Å². The first kappa shape index (κ1) is 17.7. The number of carbonyl (C=O) groups is 1. The summed E-state index contributed by atoms with van der Waals surface area (Å²) in [5.74, 6) is -0.164. The SMILES string of the molecule is Nc1cc(CCCC(=O)OCc2ccccc2)ccc1-c1ccccc1. The van der Waals surface area contributed by atoms with E-state index in [9.17, 15) is 4.79 Å². The van der Waals surface area contributed by atoms with Crippen molar-refractivity contribution in [2.75, 3.05) is 5.73 Å². The van der Waals surface area contributed by atoms with Gasteiger partial charge in [-0.2, -0.15) is 0 Å². The van der Waals surface area contributed by atoms with Crippen LogP contribution in [0.2, 0.25) is 0 Å². The summed E-state index contributed by atoms with van der Waals surface area (Å²) >= 11 is 0. The second kappa shape index (κ2) is 8.86. The maximum absolute atomic E-state index is 11.9. The Morgan fingerprint density at radius 3 is 2.23 bits per heavy atom. The highest BCUT2D eigenvalue weighted by atomic mass is 16.5. The third-order valence-corrected chi connectivity index (χ3v) is 4.29. The number of hydrogen-bond acceptors (Lipinski definition) is 3. The minimum absolute atomic E-state index is 0.164. The molecular formula is C23H23NO2. The molecule has 0 amide bonds. The van der Waals surface area contributed by atoms with Crippen LogP contribution in [0.25, 0.3) is 11.1 Å². The Morgan fingerprint density at radius 2 is 1.54 bits per heavy atom. The molecule has 0 unspecified atom stereocenters. The topological polar surface area (TPSA) is 52.3 Å². The molecule has 0 spiro atoms. The van der Waals surface area contributed by atoms with Crippen LogP contribution in [0.3, 0.4) is 0 Å². The Bertz CT molecular complexity index is 845. The average molecular weight is 345 g/mol. The third kappa shape index (κ3) is 4.96. The number of ether oxygens (including phenoxy) is 1. The number of carbonyl (C=O) groups excluding carboxylic acids is 1. The molecule has 0 saturated carbocycles. The second-order valence-corrected chi connectivity index (χ2v) is 6.29. The number of rotatable bonds is 7. The molecule has 3 nitrogen and oxygen atoms in total. The third-order valence-electron chi connectivity index (χ3n) is 4.29. The molecular weight excluding hydrogens is 322 g/mol. The first-order valence-corrected chi connectivity index (χ1v) is 8.86. The van der Waals surface area contributed by atoms with Crippen LogP contribution in [0.15, 0.2) is 78.9 Å². The predicted molar refractivity (Wildman–Crippen MR) is 105 cm³/mol. The van der Waals surface area contributed by atoms with Gasteiger partial charge in [0.25, 0.3) is 0 Å². The van der Waals surface area contributed by atoms with Crippen LogP contribution in [0.1, 0.15) is 24.0 Å². The normalized spacial score (nSPS) is 10.5. The zero-order valence-electron chi connectivity index (χ0n) is 14.7. The fourth-order valence-electron chi connectivity index (χ4n) is 2.90. The molecule has 0 saturated heterocycles. The molecule has 0 radical (unpaired) electrons. The van der Waals surface area contributed by atoms with E-state index in [4.69, 9.17) is 10.5 Å². The number of aryl methyl sites for hydroxylation is 1. The summed E-state index contributed by atoms with van der Waals surface area (Å²) in [6, 6.07) is 25.9. The van der Waals surface area contributed by atoms with E-state index in [0.29, 0.717) is 13.0 Å². The first-order valence-electron chi connectivity index (χ1n) is 8.86. The molecule has 3 heteroatoms. The van der Waals surface area contributed by atoms with Crippen molar-refractivity contribution < 1.29 is 9.53 Å². The van der Waals surface area contributed by atoms with Crippen molar-refractivity contribution in [3.8, 4) is 11.1 Å². The van der Waals surface area contributed by atoms with Gasteiger partial charge in [-0.25, -0.2) is 0 Å². The smallest absolute Gasteiger partial charge is 0.306 e. The summed E-state index contributed by atoms with van der Waals surface area (Å²) < 4.78 is 5.30. The van der Waals surface area contributed by atoms with Crippen LogP contribution in [-0.2, 0) is 22.6 Å². The lowest BCUT2D eigenvalue weighted by molar-refractivity contribution is -0.145. The lowest BCUT2D eigenvalue weighted by Crippen LogP contribution is -2.05. The molecule has 0 aliphatic carbocycles. The summed E-state index contributed by atoms with van der Waals surface area (Å²) in [6.07, 6.45) is 1.96. The highest BCUT2D eigenvalue weighted by Crippen LogP contribution is 2.27. The van der Waals surface area contributed by atoms with Gasteiger partial charge in [0.05, 0.1) is 0 Å². The summed E-state index contributed by atoms with van der Waals surface area (Å²) in [5.41, 5.74) is 11.3. The minimum Gasteiger partial charge on any atom is -0.461 e. The highest BCUT2D eigenvalue weighted by Gasteiger charge is 2.06. The van der Waals surface area contributed by atoms with Gasteiger partial charge < -0.3 is 10.5 Å². The summed E-state index contributed by atoms with van der Waals surface area (Å²) in [4.78, 5) is 11.9. The van der Waals surface area contributed by atoms with Crippen LogP contribution < -0.4 is 5.73 Å². The molecule has 0 aliphatic heterocycles. The Balaban J connectivity index is 1.47. The molecule has 2 N–H and O–H groups in total. The van der Waals surface area contributed by atoms with E-state index in [2.05, 4.69) is 6.07 Å². The van der Waals surface area contributed by atoms with E-state index in [-0.39, 0.29) is 5.97 Å². The molecule has 0 fully saturated rings. The number of nitrogens with two attached hydrogens (primary N) is 1. The van der Waals surface area contributed by atoms with Crippen molar-refractivity contribution in [3.05, 3.63) is 90.0 Å². The van der Waals surface area contributed by atoms with Crippen LogP contribution >= 0.6 is 0 Å². The molecule has 0 atom stereocenters. The van der Waals surface area contributed by atoms with Gasteiger partial charge in [-0.05, 0) is 35.6 Å². The number of nitrogen functional groups attached to an aromatic ring is 1. The van der Waals surface area contributed by atoms with Crippen LogP contribution in [0.4, 0.5) is 5.69 Å². The zero-order chi connectivity index (χ0) is 18.2. The molecule has 0 aliphatic rings. The number of anilines is 1. The van der Waals surface area contributed by atoms with Crippen molar-refractivity contribution in [2.24, 2.45) is 0 Å². The molecule has 3 aromatic carbocycles. The number of benzene rings is 3. The van der Waals surface area contributed by atoms with Crippen molar-refractivity contribution in [1.29, 1.82) is 0 Å². The van der Waals surface area contributed by atoms with E-state index in [0.717, 1.165) is 40.8 Å². The average Bonchev–Trinajstić information content (AvgIpc) is 2.68. The maximum Gasteiger partial charge on any atom is 0.306 e. The van der Waals surface area contributed by atoms with Crippen LogP contribution in [0.5, 0.6) is 0 Å². The van der Waals surface area contributed by atoms with E-state index in [1.165, 1.54) is 0 Å². The fraction of sp³-hybridized carbons (Fsp3) is 0.174. The maximum atomic E-state index is 11.9. The molecule has 0 heterocycles. The van der Waals surface area contributed by atoms with E-state index < -0.39 is 0 Å². The molecule has 3 rings (SSSR count). The van der Waals surface area contributed by atoms with Gasteiger partial charge in [0.1, 0.15) is 6.61 Å². The zero-order valence-corrected chi connectivity index (χ0v) is 14.7. The van der Waals surface area contributed by atoms with Gasteiger partial charge in [-0.15, -0.1) is 0 Å². The van der Waals surface area contributed by atoms with E-state index in [1.807, 2.05) is 72.8 Å². The monoisotopic (exact) mass is 345 g/mol. The Morgan fingerprint density at radius 1 is 0.846 bits per heavy atom. The van der Waals surface area contributed by atoms with Gasteiger partial charge in [-0.3, -0.25) is 4.79 Å². The lowest BCUT2D eigenvalue weighted by atomic mass is 9.99. The van der Waals surface area contributed by atoms with Gasteiger partial charge in [0.15, 0.2) is 0 Å². The van der Waals surface area contributed by atoms with Gasteiger partial charge >= 0.3 is 5.97 Å². The Kier molecular flexibility index (Phi) is 6.05. The van der Waals surface area contributed by atoms with Crippen molar-refractivity contribution in [2.45, 2.75) is 25.9 Å². The quantitative estimate of drug-likeness (QED) is 0.484. The summed E-state index contributed by atoms with van der Waals surface area (Å²) in [5, 5.41) is 0. The first-order chi connectivity index (χ1) is 12.7. The largest absolute Gasteiger partial charge is 0.461 e. The van der Waals surface area contributed by atoms with Gasteiger partial charge in [0, 0.05) is 17.7 Å². The molecule has 132 valence electrons. The van der Waals surface area contributed by atoms with E-state index >= 15 is 0 Å². The summed E-state index contributed by atoms with van der Waals surface area (Å²) in [6.45, 7) is 0.332. The van der Waals surface area contributed by atoms with Crippen LogP contribution in [-0.4, -0.2) is 5.97 Å². The summed E-state index contributed by atoms with van der Waals surface area (Å²) in [7, 11) is 0. The predicted octanol–water partition coefficient (Wildman–Crippen LogP) is 5.00. The molecule has 3 aromatic rings. The fourth-order valence-corrected chi connectivity index (χ4v) is 2.90. The number of esters is 1. The molecule has 0 bridgehead atoms. The highest BCUT2D eigenvalue weighted by molar-refractivity contribution is 5.76. The lowest BCUT2D eigenvalue weighted by Gasteiger charge is -2.09. The standard InChI is InChI=1S/C23H23NO2/c24-22-16-18(14-15-21(22)20-11-5-2-6-12-20)10-7-13-23(25)26-17-19-8-3-1-4-9-19/h1-6,8-9,11-12,14-16H,7,10,13,17,24H2. The minimum atomic E-state index is -0.164.